The van der Waals surface area contributed by atoms with Crippen molar-refractivity contribution in [3.05, 3.63) is 58.8 Å². The molecule has 0 aliphatic heterocycles. The quantitative estimate of drug-likeness (QED) is 0.387. The van der Waals surface area contributed by atoms with Crippen LogP contribution in [0.2, 0.25) is 0 Å². The highest BCUT2D eigenvalue weighted by Gasteiger charge is 2.07. The molecule has 0 saturated carbocycles. The Balaban J connectivity index is 1.56. The molecule has 0 aliphatic carbocycles. The van der Waals surface area contributed by atoms with E-state index in [1.54, 1.807) is 6.20 Å². The van der Waals surface area contributed by atoms with Crippen LogP contribution in [0.1, 0.15) is 10.7 Å². The number of nitrogens with one attached hydrogen (secondary N) is 2. The standard InChI is InChI=1S/C18H15N5OS2/c1-12-10-26-18(22-12)14(8-19)9-21-23-16(24)11-25-15-6-2-4-13-5-3-7-20-17(13)15/h2-7,9-10,21H,11H2,1H3,(H,23,24)/b14-9+. The SMILES string of the molecule is Cc1csc(/C(C#N)=C/NNC(=O)CSc2cccc3cccnc23)n1. The predicted octanol–water partition coefficient (Wildman–Crippen LogP) is 3.28. The molecule has 130 valence electrons. The van der Waals surface area contributed by atoms with Gasteiger partial charge in [0.15, 0.2) is 0 Å². The van der Waals surface area contributed by atoms with E-state index in [0.717, 1.165) is 21.5 Å². The number of carbonyl (C=O) groups is 1. The lowest BCUT2D eigenvalue weighted by atomic mass is 10.2. The molecular weight excluding hydrogens is 366 g/mol. The number of allylic oxidation sites excluding steroid dienone is 1. The van der Waals surface area contributed by atoms with Crippen LogP contribution in [0.4, 0.5) is 0 Å². The van der Waals surface area contributed by atoms with Crippen molar-refractivity contribution >= 4 is 45.5 Å². The first kappa shape index (κ1) is 17.9. The van der Waals surface area contributed by atoms with E-state index in [2.05, 4.69) is 26.9 Å². The second-order valence-corrected chi connectivity index (χ2v) is 7.15. The lowest BCUT2D eigenvalue weighted by Gasteiger charge is -2.06. The number of benzene rings is 1. The Labute approximate surface area is 158 Å². The van der Waals surface area contributed by atoms with Crippen molar-refractivity contribution in [3.63, 3.8) is 0 Å². The molecule has 0 fully saturated rings. The van der Waals surface area contributed by atoms with E-state index in [4.69, 9.17) is 0 Å². The Hall–Kier alpha value is -2.89. The first-order valence-corrected chi connectivity index (χ1v) is 9.57. The molecule has 2 heterocycles. The summed E-state index contributed by atoms with van der Waals surface area (Å²) in [5.74, 6) is 0.0289. The van der Waals surface area contributed by atoms with Crippen LogP contribution in [-0.4, -0.2) is 21.6 Å². The molecule has 2 aromatic heterocycles. The number of hydrazine groups is 1. The molecule has 1 aromatic carbocycles. The van der Waals surface area contributed by atoms with Gasteiger partial charge in [-0.25, -0.2) is 4.98 Å². The third-order valence-electron chi connectivity index (χ3n) is 3.35. The molecule has 3 rings (SSSR count). The van der Waals surface area contributed by atoms with Gasteiger partial charge >= 0.3 is 0 Å². The van der Waals surface area contributed by atoms with E-state index in [1.807, 2.05) is 42.6 Å². The summed E-state index contributed by atoms with van der Waals surface area (Å²) in [5, 5.41) is 12.7. The van der Waals surface area contributed by atoms with Crippen LogP contribution >= 0.6 is 23.1 Å². The van der Waals surface area contributed by atoms with Crippen molar-refractivity contribution in [2.45, 2.75) is 11.8 Å². The van der Waals surface area contributed by atoms with Gasteiger partial charge in [-0.2, -0.15) is 5.26 Å². The zero-order valence-electron chi connectivity index (χ0n) is 13.9. The molecule has 0 unspecified atom stereocenters. The van der Waals surface area contributed by atoms with Crippen LogP contribution in [0, 0.1) is 18.3 Å². The molecule has 2 N–H and O–H groups in total. The number of para-hydroxylation sites is 1. The summed E-state index contributed by atoms with van der Waals surface area (Å²) in [7, 11) is 0. The van der Waals surface area contributed by atoms with Gasteiger partial charge in [-0.3, -0.25) is 15.2 Å². The first-order valence-electron chi connectivity index (χ1n) is 7.71. The number of thiazole rings is 1. The van der Waals surface area contributed by atoms with E-state index in [-0.39, 0.29) is 11.7 Å². The van der Waals surface area contributed by atoms with Crippen molar-refractivity contribution < 1.29 is 4.79 Å². The molecule has 0 aliphatic rings. The van der Waals surface area contributed by atoms with Gasteiger partial charge in [-0.1, -0.05) is 18.2 Å². The molecule has 3 aromatic rings. The number of fused-ring (bicyclic) bond motifs is 1. The van der Waals surface area contributed by atoms with Crippen LogP contribution in [0.25, 0.3) is 16.5 Å². The van der Waals surface area contributed by atoms with E-state index >= 15 is 0 Å². The molecule has 0 spiro atoms. The number of aryl methyl sites for hydroxylation is 1. The van der Waals surface area contributed by atoms with Gasteiger partial charge < -0.3 is 5.43 Å². The zero-order chi connectivity index (χ0) is 18.4. The van der Waals surface area contributed by atoms with E-state index in [9.17, 15) is 10.1 Å². The van der Waals surface area contributed by atoms with Gasteiger partial charge in [0, 0.05) is 33.8 Å². The summed E-state index contributed by atoms with van der Waals surface area (Å²) in [4.78, 5) is 21.6. The van der Waals surface area contributed by atoms with Crippen LogP contribution in [0.3, 0.4) is 0 Å². The van der Waals surface area contributed by atoms with Crippen LogP contribution in [0.5, 0.6) is 0 Å². The summed E-state index contributed by atoms with van der Waals surface area (Å²) in [6.07, 6.45) is 3.18. The number of rotatable bonds is 6. The average molecular weight is 381 g/mol. The van der Waals surface area contributed by atoms with Crippen molar-refractivity contribution in [3.8, 4) is 6.07 Å². The van der Waals surface area contributed by atoms with Crippen LogP contribution in [0.15, 0.2) is 53.0 Å². The summed E-state index contributed by atoms with van der Waals surface area (Å²) >= 11 is 2.80. The van der Waals surface area contributed by atoms with Gasteiger partial charge in [-0.15, -0.1) is 23.1 Å². The molecule has 8 heteroatoms. The number of carbonyl (C=O) groups excluding carboxylic acids is 1. The van der Waals surface area contributed by atoms with Gasteiger partial charge in [0.05, 0.1) is 11.3 Å². The summed E-state index contributed by atoms with van der Waals surface area (Å²) in [6.45, 7) is 1.86. The second-order valence-electron chi connectivity index (χ2n) is 5.28. The fraction of sp³-hybridized carbons (Fsp3) is 0.111. The lowest BCUT2D eigenvalue weighted by molar-refractivity contribution is -0.119. The Bertz CT molecular complexity index is 1000. The highest BCUT2D eigenvalue weighted by atomic mass is 32.2. The van der Waals surface area contributed by atoms with E-state index < -0.39 is 0 Å². The number of nitrogens with zero attached hydrogens (tertiary/aromatic N) is 3. The maximum absolute atomic E-state index is 12.0. The minimum absolute atomic E-state index is 0.202. The van der Waals surface area contributed by atoms with Crippen LogP contribution in [-0.2, 0) is 4.79 Å². The van der Waals surface area contributed by atoms with Gasteiger partial charge in [0.25, 0.3) is 0 Å². The van der Waals surface area contributed by atoms with Crippen molar-refractivity contribution in [1.29, 1.82) is 5.26 Å². The molecule has 0 saturated heterocycles. The van der Waals surface area contributed by atoms with Crippen molar-refractivity contribution in [2.75, 3.05) is 5.75 Å². The van der Waals surface area contributed by atoms with Gasteiger partial charge in [-0.05, 0) is 19.1 Å². The molecule has 0 atom stereocenters. The summed E-state index contributed by atoms with van der Waals surface area (Å²) < 4.78 is 0. The highest BCUT2D eigenvalue weighted by molar-refractivity contribution is 8.00. The van der Waals surface area contributed by atoms with Gasteiger partial charge in [0.1, 0.15) is 16.6 Å². The predicted molar refractivity (Wildman–Crippen MR) is 104 cm³/mol. The Kier molecular flexibility index (Phi) is 5.84. The fourth-order valence-corrected chi connectivity index (χ4v) is 3.78. The molecule has 6 nitrogen and oxygen atoms in total. The van der Waals surface area contributed by atoms with Crippen molar-refractivity contribution in [1.82, 2.24) is 20.8 Å². The zero-order valence-corrected chi connectivity index (χ0v) is 15.5. The van der Waals surface area contributed by atoms with Crippen LogP contribution < -0.4 is 10.9 Å². The summed E-state index contributed by atoms with van der Waals surface area (Å²) in [6, 6.07) is 11.8. The molecule has 1 amide bonds. The minimum Gasteiger partial charge on any atom is -0.304 e. The Morgan fingerprint density at radius 1 is 1.38 bits per heavy atom. The number of hydrogen-bond acceptors (Lipinski definition) is 7. The third kappa shape index (κ3) is 4.39. The Morgan fingerprint density at radius 3 is 3.00 bits per heavy atom. The topological polar surface area (TPSA) is 90.7 Å². The maximum Gasteiger partial charge on any atom is 0.248 e. The number of thioether (sulfide) groups is 1. The van der Waals surface area contributed by atoms with E-state index in [1.165, 1.54) is 29.3 Å². The number of nitriles is 1. The number of pyridine rings is 1. The largest absolute Gasteiger partial charge is 0.304 e. The minimum atomic E-state index is -0.202. The fourth-order valence-electron chi connectivity index (χ4n) is 2.18. The number of amides is 1. The van der Waals surface area contributed by atoms with Gasteiger partial charge in [0.2, 0.25) is 5.91 Å². The molecular formula is C18H15N5OS2. The normalized spacial score (nSPS) is 11.2. The maximum atomic E-state index is 12.0. The smallest absolute Gasteiger partial charge is 0.248 e. The lowest BCUT2D eigenvalue weighted by Crippen LogP contribution is -2.35. The average Bonchev–Trinajstić information content (AvgIpc) is 3.09. The third-order valence-corrected chi connectivity index (χ3v) is 5.39. The monoisotopic (exact) mass is 381 g/mol. The molecule has 0 radical (unpaired) electrons. The molecule has 0 bridgehead atoms. The number of aromatic nitrogens is 2. The highest BCUT2D eigenvalue weighted by Crippen LogP contribution is 2.25. The second kappa shape index (κ2) is 8.47. The number of hydrogen-bond donors (Lipinski definition) is 2. The Morgan fingerprint density at radius 2 is 2.23 bits per heavy atom. The van der Waals surface area contributed by atoms with E-state index in [0.29, 0.717) is 10.6 Å². The first-order chi connectivity index (χ1) is 12.7. The summed E-state index contributed by atoms with van der Waals surface area (Å²) in [5.41, 5.74) is 7.34. The van der Waals surface area contributed by atoms with Crippen molar-refractivity contribution in [2.24, 2.45) is 0 Å². The molecule has 26 heavy (non-hydrogen) atoms.